The molecule has 3 nitrogen and oxygen atoms in total. The molecule has 0 spiro atoms. The molecule has 0 amide bonds. The summed E-state index contributed by atoms with van der Waals surface area (Å²) in [6, 6.07) is 0.691. The molecule has 1 fully saturated rings. The molecule has 1 unspecified atom stereocenters. The summed E-state index contributed by atoms with van der Waals surface area (Å²) < 4.78 is 0. The molecule has 3 heteroatoms. The average Bonchev–Trinajstić information content (AvgIpc) is 2.38. The largest absolute Gasteiger partial charge is 0.317 e. The Hall–Kier alpha value is -0.120. The van der Waals surface area contributed by atoms with Gasteiger partial charge >= 0.3 is 0 Å². The van der Waals surface area contributed by atoms with E-state index in [-0.39, 0.29) is 0 Å². The lowest BCUT2D eigenvalue weighted by molar-refractivity contribution is 0.246. The van der Waals surface area contributed by atoms with Crippen LogP contribution in [0, 0.1) is 5.92 Å². The number of hydrogen-bond acceptors (Lipinski definition) is 2. The second kappa shape index (κ2) is 10.6. The maximum Gasteiger partial charge on any atom is 0.0112 e. The van der Waals surface area contributed by atoms with E-state index in [1.807, 2.05) is 0 Å². The Morgan fingerprint density at radius 2 is 1.74 bits per heavy atom. The third-order valence-electron chi connectivity index (χ3n) is 4.63. The van der Waals surface area contributed by atoms with E-state index in [2.05, 4.69) is 24.3 Å². The van der Waals surface area contributed by atoms with Gasteiger partial charge in [0, 0.05) is 12.6 Å². The highest BCUT2D eigenvalue weighted by molar-refractivity contribution is 4.77. The Morgan fingerprint density at radius 3 is 2.32 bits per heavy atom. The second-order valence-electron chi connectivity index (χ2n) is 6.20. The molecular weight excluding hydrogens is 234 g/mol. The summed E-state index contributed by atoms with van der Waals surface area (Å²) in [7, 11) is 4.33. The van der Waals surface area contributed by atoms with Crippen molar-refractivity contribution < 1.29 is 0 Å². The minimum absolute atomic E-state index is 0.558. The number of nitrogens with zero attached hydrogens (tertiary/aromatic N) is 1. The van der Waals surface area contributed by atoms with Gasteiger partial charge < -0.3 is 10.2 Å². The fraction of sp³-hybridized carbons (Fsp3) is 1.00. The highest BCUT2D eigenvalue weighted by Crippen LogP contribution is 2.26. The van der Waals surface area contributed by atoms with Gasteiger partial charge in [-0.25, -0.2) is 0 Å². The molecule has 0 aromatic carbocycles. The standard InChI is InChI=1S/C16H34N3/c1-18-16(11-14-19(2)13-8-12-17)15-9-6-4-3-5-7-10-15/h15-18H,3-14H2,1-2H3. The first-order valence-corrected chi connectivity index (χ1v) is 8.28. The highest BCUT2D eigenvalue weighted by Gasteiger charge is 2.20. The molecule has 1 radical (unpaired) electrons. The van der Waals surface area contributed by atoms with Crippen molar-refractivity contribution in [3.8, 4) is 0 Å². The van der Waals surface area contributed by atoms with Gasteiger partial charge in [-0.3, -0.25) is 5.73 Å². The molecule has 1 rings (SSSR count). The van der Waals surface area contributed by atoms with Gasteiger partial charge in [0.05, 0.1) is 0 Å². The van der Waals surface area contributed by atoms with E-state index in [0.717, 1.165) is 18.9 Å². The predicted octanol–water partition coefficient (Wildman–Crippen LogP) is 2.93. The summed E-state index contributed by atoms with van der Waals surface area (Å²) in [5.41, 5.74) is 7.22. The van der Waals surface area contributed by atoms with Crippen LogP contribution < -0.4 is 11.1 Å². The quantitative estimate of drug-likeness (QED) is 0.735. The van der Waals surface area contributed by atoms with Gasteiger partial charge in [-0.2, -0.15) is 0 Å². The Bertz CT molecular complexity index is 200. The van der Waals surface area contributed by atoms with Gasteiger partial charge in [0.1, 0.15) is 0 Å². The van der Waals surface area contributed by atoms with E-state index in [0.29, 0.717) is 12.6 Å². The van der Waals surface area contributed by atoms with E-state index in [9.17, 15) is 0 Å². The molecule has 2 N–H and O–H groups in total. The fourth-order valence-electron chi connectivity index (χ4n) is 3.33. The third kappa shape index (κ3) is 7.28. The lowest BCUT2D eigenvalue weighted by Crippen LogP contribution is -2.37. The zero-order chi connectivity index (χ0) is 13.9. The van der Waals surface area contributed by atoms with Crippen LogP contribution >= 0.6 is 0 Å². The first-order valence-electron chi connectivity index (χ1n) is 8.28. The van der Waals surface area contributed by atoms with Crippen LogP contribution in [0.3, 0.4) is 0 Å². The fourth-order valence-corrected chi connectivity index (χ4v) is 3.33. The van der Waals surface area contributed by atoms with Crippen molar-refractivity contribution in [2.24, 2.45) is 5.92 Å². The van der Waals surface area contributed by atoms with E-state index < -0.39 is 0 Å². The lowest BCUT2D eigenvalue weighted by atomic mass is 9.84. The molecule has 0 aliphatic heterocycles. The van der Waals surface area contributed by atoms with Crippen LogP contribution in [0.2, 0.25) is 0 Å². The Balaban J connectivity index is 2.29. The number of nitrogens with one attached hydrogen (secondary N) is 2. The van der Waals surface area contributed by atoms with Crippen molar-refractivity contribution in [2.45, 2.75) is 63.8 Å². The summed E-state index contributed by atoms with van der Waals surface area (Å²) in [6.45, 7) is 2.80. The van der Waals surface area contributed by atoms with Gasteiger partial charge in [0.2, 0.25) is 0 Å². The molecular formula is C16H34N3. The molecule has 113 valence electrons. The number of hydrogen-bond donors (Lipinski definition) is 1. The molecule has 0 aromatic heterocycles. The molecule has 19 heavy (non-hydrogen) atoms. The van der Waals surface area contributed by atoms with Crippen molar-refractivity contribution in [1.82, 2.24) is 16.0 Å². The first-order chi connectivity index (χ1) is 9.27. The molecule has 0 aromatic rings. The number of rotatable bonds is 8. The van der Waals surface area contributed by atoms with E-state index in [4.69, 9.17) is 5.73 Å². The topological polar surface area (TPSA) is 39.1 Å². The lowest BCUT2D eigenvalue weighted by Gasteiger charge is -2.30. The van der Waals surface area contributed by atoms with Crippen LogP contribution in [-0.2, 0) is 0 Å². The van der Waals surface area contributed by atoms with Gasteiger partial charge in [-0.05, 0) is 58.8 Å². The molecule has 1 aliphatic rings. The predicted molar refractivity (Wildman–Crippen MR) is 83.4 cm³/mol. The van der Waals surface area contributed by atoms with Gasteiger partial charge in [-0.1, -0.05) is 32.1 Å². The van der Waals surface area contributed by atoms with E-state index in [1.165, 1.54) is 57.9 Å². The van der Waals surface area contributed by atoms with E-state index in [1.54, 1.807) is 0 Å². The highest BCUT2D eigenvalue weighted by atomic mass is 15.1. The normalized spacial score (nSPS) is 20.2. The van der Waals surface area contributed by atoms with Crippen LogP contribution in [-0.4, -0.2) is 44.7 Å². The summed E-state index contributed by atoms with van der Waals surface area (Å²) >= 11 is 0. The van der Waals surface area contributed by atoms with Crippen LogP contribution in [0.15, 0.2) is 0 Å². The summed E-state index contributed by atoms with van der Waals surface area (Å²) in [6.07, 6.45) is 12.3. The zero-order valence-electron chi connectivity index (χ0n) is 13.1. The van der Waals surface area contributed by atoms with Crippen molar-refractivity contribution in [1.29, 1.82) is 0 Å². The summed E-state index contributed by atoms with van der Waals surface area (Å²) in [5.74, 6) is 0.884. The molecule has 0 heterocycles. The zero-order valence-corrected chi connectivity index (χ0v) is 13.1. The first kappa shape index (κ1) is 16.9. The summed E-state index contributed by atoms with van der Waals surface area (Å²) in [4.78, 5) is 2.39. The van der Waals surface area contributed by atoms with Crippen molar-refractivity contribution >= 4 is 0 Å². The van der Waals surface area contributed by atoms with Crippen LogP contribution in [0.1, 0.15) is 57.8 Å². The smallest absolute Gasteiger partial charge is 0.0112 e. The van der Waals surface area contributed by atoms with Crippen LogP contribution in [0.25, 0.3) is 0 Å². The molecule has 1 atom stereocenters. The van der Waals surface area contributed by atoms with Crippen LogP contribution in [0.5, 0.6) is 0 Å². The minimum Gasteiger partial charge on any atom is -0.317 e. The Morgan fingerprint density at radius 1 is 1.11 bits per heavy atom. The second-order valence-corrected chi connectivity index (χ2v) is 6.20. The maximum absolute atomic E-state index is 7.22. The molecule has 0 bridgehead atoms. The molecule has 1 saturated carbocycles. The molecule has 0 saturated heterocycles. The third-order valence-corrected chi connectivity index (χ3v) is 4.63. The Kier molecular flexibility index (Phi) is 9.48. The van der Waals surface area contributed by atoms with Crippen molar-refractivity contribution in [3.05, 3.63) is 0 Å². The average molecular weight is 268 g/mol. The summed E-state index contributed by atoms with van der Waals surface area (Å²) in [5, 5.41) is 3.57. The van der Waals surface area contributed by atoms with Gasteiger partial charge in [-0.15, -0.1) is 0 Å². The molecule has 1 aliphatic carbocycles. The van der Waals surface area contributed by atoms with E-state index >= 15 is 0 Å². The van der Waals surface area contributed by atoms with Crippen LogP contribution in [0.4, 0.5) is 0 Å². The van der Waals surface area contributed by atoms with Crippen molar-refractivity contribution in [2.75, 3.05) is 33.7 Å². The maximum atomic E-state index is 7.22. The minimum atomic E-state index is 0.558. The Labute approximate surface area is 120 Å². The monoisotopic (exact) mass is 268 g/mol. The van der Waals surface area contributed by atoms with Gasteiger partial charge in [0.25, 0.3) is 0 Å². The van der Waals surface area contributed by atoms with Crippen molar-refractivity contribution in [3.63, 3.8) is 0 Å². The van der Waals surface area contributed by atoms with Gasteiger partial charge in [0.15, 0.2) is 0 Å². The SMILES string of the molecule is CNC(CCN(C)CCC[NH])C1CCCCCCC1.